The van der Waals surface area contributed by atoms with Crippen LogP contribution in [0.2, 0.25) is 5.02 Å². The Balaban J connectivity index is 2.04. The second-order valence-electron chi connectivity index (χ2n) is 5.01. The third-order valence-electron chi connectivity index (χ3n) is 3.28. The van der Waals surface area contributed by atoms with Crippen LogP contribution in [0.25, 0.3) is 0 Å². The number of carbonyl (C=O) groups excluding carboxylic acids is 2. The van der Waals surface area contributed by atoms with E-state index in [4.69, 9.17) is 25.8 Å². The largest absolute Gasteiger partial charge is 0.508 e. The molecule has 1 amide bonds. The van der Waals surface area contributed by atoms with Crippen LogP contribution in [0.4, 0.5) is 5.69 Å². The third-order valence-corrected chi connectivity index (χ3v) is 3.58. The van der Waals surface area contributed by atoms with E-state index in [1.165, 1.54) is 38.5 Å². The van der Waals surface area contributed by atoms with Crippen LogP contribution in [0.15, 0.2) is 30.3 Å². The van der Waals surface area contributed by atoms with E-state index < -0.39 is 24.2 Å². The molecule has 0 aliphatic carbocycles. The number of aromatic hydroxyl groups is 2. The third kappa shape index (κ3) is 4.48. The summed E-state index contributed by atoms with van der Waals surface area (Å²) in [6.07, 6.45) is 0. The smallest absolute Gasteiger partial charge is 0.342 e. The summed E-state index contributed by atoms with van der Waals surface area (Å²) < 4.78 is 15.0. The topological polar surface area (TPSA) is 114 Å². The first-order valence-corrected chi connectivity index (χ1v) is 7.64. The molecule has 3 N–H and O–H groups in total. The number of hydrogen-bond acceptors (Lipinski definition) is 7. The normalized spacial score (nSPS) is 10.1. The Bertz CT molecular complexity index is 838. The Morgan fingerprint density at radius 2 is 1.77 bits per heavy atom. The summed E-state index contributed by atoms with van der Waals surface area (Å²) in [5.74, 6) is -1.60. The van der Waals surface area contributed by atoms with E-state index in [2.05, 4.69) is 5.32 Å². The number of methoxy groups -OCH3 is 2. The van der Waals surface area contributed by atoms with Gasteiger partial charge in [-0.3, -0.25) is 4.79 Å². The first-order chi connectivity index (χ1) is 12.3. The van der Waals surface area contributed by atoms with Gasteiger partial charge in [0.05, 0.1) is 24.9 Å². The van der Waals surface area contributed by atoms with Gasteiger partial charge in [0.25, 0.3) is 5.91 Å². The summed E-state index contributed by atoms with van der Waals surface area (Å²) in [6, 6.07) is 6.31. The van der Waals surface area contributed by atoms with Gasteiger partial charge in [-0.25, -0.2) is 4.79 Å². The van der Waals surface area contributed by atoms with Crippen LogP contribution >= 0.6 is 11.6 Å². The van der Waals surface area contributed by atoms with Crippen LogP contribution in [0, 0.1) is 0 Å². The van der Waals surface area contributed by atoms with Gasteiger partial charge in [-0.05, 0) is 12.1 Å². The number of amides is 1. The quantitative estimate of drug-likeness (QED) is 0.659. The molecule has 0 saturated carbocycles. The van der Waals surface area contributed by atoms with E-state index in [0.717, 1.165) is 6.07 Å². The fraction of sp³-hybridized carbons (Fsp3) is 0.176. The SMILES string of the molecule is COc1cc(NC(=O)COC(=O)c2ccc(O)cc2O)c(OC)cc1Cl. The number of halogens is 1. The molecule has 0 unspecified atom stereocenters. The summed E-state index contributed by atoms with van der Waals surface area (Å²) >= 11 is 5.98. The van der Waals surface area contributed by atoms with E-state index in [1.54, 1.807) is 0 Å². The number of ether oxygens (including phenoxy) is 3. The molecular weight excluding hydrogens is 366 g/mol. The molecule has 0 saturated heterocycles. The van der Waals surface area contributed by atoms with Gasteiger partial charge in [-0.15, -0.1) is 0 Å². The molecule has 26 heavy (non-hydrogen) atoms. The van der Waals surface area contributed by atoms with Gasteiger partial charge in [0.2, 0.25) is 0 Å². The highest BCUT2D eigenvalue weighted by Crippen LogP contribution is 2.35. The van der Waals surface area contributed by atoms with Crippen molar-refractivity contribution in [2.24, 2.45) is 0 Å². The van der Waals surface area contributed by atoms with Crippen molar-refractivity contribution in [1.82, 2.24) is 0 Å². The Hall–Kier alpha value is -3.13. The maximum atomic E-state index is 12.0. The maximum Gasteiger partial charge on any atom is 0.342 e. The van der Waals surface area contributed by atoms with Gasteiger partial charge in [-0.2, -0.15) is 0 Å². The highest BCUT2D eigenvalue weighted by atomic mass is 35.5. The molecule has 8 nitrogen and oxygen atoms in total. The average molecular weight is 382 g/mol. The van der Waals surface area contributed by atoms with Crippen molar-refractivity contribution in [2.45, 2.75) is 0 Å². The van der Waals surface area contributed by atoms with Gasteiger partial charge in [0, 0.05) is 18.2 Å². The number of benzene rings is 2. The molecule has 2 aromatic carbocycles. The predicted octanol–water partition coefficient (Wildman–Crippen LogP) is 2.56. The van der Waals surface area contributed by atoms with Crippen LogP contribution in [0.3, 0.4) is 0 Å². The van der Waals surface area contributed by atoms with Crippen molar-refractivity contribution in [2.75, 3.05) is 26.1 Å². The van der Waals surface area contributed by atoms with E-state index >= 15 is 0 Å². The first-order valence-electron chi connectivity index (χ1n) is 7.26. The molecule has 0 aliphatic rings. The average Bonchev–Trinajstić information content (AvgIpc) is 2.60. The number of carbonyl (C=O) groups is 2. The Labute approximate surface area is 153 Å². The van der Waals surface area contributed by atoms with Gasteiger partial charge in [-0.1, -0.05) is 11.6 Å². The molecule has 0 spiro atoms. The Kier molecular flexibility index (Phi) is 6.13. The van der Waals surface area contributed by atoms with Gasteiger partial charge >= 0.3 is 5.97 Å². The summed E-state index contributed by atoms with van der Waals surface area (Å²) in [4.78, 5) is 23.9. The number of nitrogens with one attached hydrogen (secondary N) is 1. The summed E-state index contributed by atoms with van der Waals surface area (Å²) in [5.41, 5.74) is 0.101. The molecular formula is C17H16ClNO7. The zero-order valence-electron chi connectivity index (χ0n) is 13.9. The van der Waals surface area contributed by atoms with Crippen molar-refractivity contribution in [3.05, 3.63) is 40.9 Å². The van der Waals surface area contributed by atoms with Crippen LogP contribution in [0.1, 0.15) is 10.4 Å². The molecule has 2 aromatic rings. The fourth-order valence-corrected chi connectivity index (χ4v) is 2.28. The molecule has 0 aliphatic heterocycles. The fourth-order valence-electron chi connectivity index (χ4n) is 2.05. The van der Waals surface area contributed by atoms with Crippen LogP contribution in [-0.2, 0) is 9.53 Å². The second-order valence-corrected chi connectivity index (χ2v) is 5.42. The van der Waals surface area contributed by atoms with Crippen LogP contribution in [0.5, 0.6) is 23.0 Å². The number of anilines is 1. The zero-order chi connectivity index (χ0) is 19.3. The molecule has 9 heteroatoms. The van der Waals surface area contributed by atoms with Gasteiger partial charge in [0.15, 0.2) is 6.61 Å². The van der Waals surface area contributed by atoms with Gasteiger partial charge in [0.1, 0.15) is 28.6 Å². The van der Waals surface area contributed by atoms with Crippen molar-refractivity contribution in [3.63, 3.8) is 0 Å². The minimum Gasteiger partial charge on any atom is -0.508 e. The molecule has 0 heterocycles. The number of rotatable bonds is 6. The molecule has 0 aromatic heterocycles. The highest BCUT2D eigenvalue weighted by molar-refractivity contribution is 6.32. The summed E-state index contributed by atoms with van der Waals surface area (Å²) in [7, 11) is 2.83. The molecule has 0 fully saturated rings. The molecule has 0 radical (unpaired) electrons. The second kappa shape index (κ2) is 8.30. The lowest BCUT2D eigenvalue weighted by molar-refractivity contribution is -0.119. The lowest BCUT2D eigenvalue weighted by Gasteiger charge is -2.13. The van der Waals surface area contributed by atoms with Crippen molar-refractivity contribution >= 4 is 29.2 Å². The summed E-state index contributed by atoms with van der Waals surface area (Å²) in [6.45, 7) is -0.604. The van der Waals surface area contributed by atoms with Crippen LogP contribution in [-0.4, -0.2) is 42.9 Å². The first kappa shape index (κ1) is 19.2. The highest BCUT2D eigenvalue weighted by Gasteiger charge is 2.17. The number of esters is 1. The van der Waals surface area contributed by atoms with Crippen molar-refractivity contribution < 1.29 is 34.0 Å². The minimum atomic E-state index is -0.918. The molecule has 2 rings (SSSR count). The molecule has 0 atom stereocenters. The van der Waals surface area contributed by atoms with E-state index in [-0.39, 0.29) is 17.0 Å². The standard InChI is InChI=1S/C17H16ClNO7/c1-24-14-7-12(15(25-2)6-11(14)18)19-16(22)8-26-17(23)10-4-3-9(20)5-13(10)21/h3-7,20-21H,8H2,1-2H3,(H,19,22). The Morgan fingerprint density at radius 3 is 2.38 bits per heavy atom. The van der Waals surface area contributed by atoms with Crippen molar-refractivity contribution in [3.8, 4) is 23.0 Å². The van der Waals surface area contributed by atoms with E-state index in [1.807, 2.05) is 0 Å². The lowest BCUT2D eigenvalue weighted by atomic mass is 10.2. The summed E-state index contributed by atoms with van der Waals surface area (Å²) in [5, 5.41) is 21.6. The van der Waals surface area contributed by atoms with Crippen LogP contribution < -0.4 is 14.8 Å². The van der Waals surface area contributed by atoms with E-state index in [0.29, 0.717) is 16.5 Å². The van der Waals surface area contributed by atoms with E-state index in [9.17, 15) is 19.8 Å². The Morgan fingerprint density at radius 1 is 1.08 bits per heavy atom. The molecule has 138 valence electrons. The van der Waals surface area contributed by atoms with Gasteiger partial charge < -0.3 is 29.7 Å². The maximum absolute atomic E-state index is 12.0. The predicted molar refractivity (Wildman–Crippen MR) is 93.2 cm³/mol. The van der Waals surface area contributed by atoms with Crippen molar-refractivity contribution in [1.29, 1.82) is 0 Å². The number of phenolic OH excluding ortho intramolecular Hbond substituents is 2. The minimum absolute atomic E-state index is 0.179. The lowest BCUT2D eigenvalue weighted by Crippen LogP contribution is -2.21. The number of phenols is 2. The zero-order valence-corrected chi connectivity index (χ0v) is 14.7. The number of hydrogen-bond donors (Lipinski definition) is 3. The molecule has 0 bridgehead atoms. The monoisotopic (exact) mass is 381 g/mol.